The summed E-state index contributed by atoms with van der Waals surface area (Å²) in [7, 11) is -2.89. The van der Waals surface area contributed by atoms with Crippen molar-refractivity contribution < 1.29 is 8.42 Å². The van der Waals surface area contributed by atoms with E-state index in [4.69, 9.17) is 0 Å². The van der Waals surface area contributed by atoms with Gasteiger partial charge >= 0.3 is 0 Å². The van der Waals surface area contributed by atoms with Crippen LogP contribution in [0.4, 0.5) is 0 Å². The zero-order chi connectivity index (χ0) is 15.0. The summed E-state index contributed by atoms with van der Waals surface area (Å²) in [5, 5.41) is 3.40. The Balaban J connectivity index is 2.61. The molecule has 1 rings (SSSR count). The SMILES string of the molecule is CCCNCC(CCS(C)(=O)=O)Cc1cccc(Br)c1. The molecule has 0 heterocycles. The zero-order valence-electron chi connectivity index (χ0n) is 12.2. The van der Waals surface area contributed by atoms with Crippen LogP contribution in [0, 0.1) is 5.92 Å². The van der Waals surface area contributed by atoms with Crippen LogP contribution in [0.2, 0.25) is 0 Å². The van der Waals surface area contributed by atoms with Crippen molar-refractivity contribution in [2.24, 2.45) is 5.92 Å². The van der Waals surface area contributed by atoms with Crippen molar-refractivity contribution in [2.75, 3.05) is 25.1 Å². The lowest BCUT2D eigenvalue weighted by Gasteiger charge is -2.17. The minimum atomic E-state index is -2.89. The molecule has 0 bridgehead atoms. The molecule has 0 amide bonds. The normalized spacial score (nSPS) is 13.3. The van der Waals surface area contributed by atoms with Gasteiger partial charge in [-0.3, -0.25) is 0 Å². The van der Waals surface area contributed by atoms with Crippen molar-refractivity contribution in [3.05, 3.63) is 34.3 Å². The molecule has 114 valence electrons. The van der Waals surface area contributed by atoms with Gasteiger partial charge in [-0.15, -0.1) is 0 Å². The van der Waals surface area contributed by atoms with Crippen LogP contribution >= 0.6 is 15.9 Å². The van der Waals surface area contributed by atoms with E-state index in [0.717, 1.165) is 30.4 Å². The molecule has 1 N–H and O–H groups in total. The van der Waals surface area contributed by atoms with Crippen molar-refractivity contribution >= 4 is 25.8 Å². The Kier molecular flexibility index (Phi) is 7.77. The molecule has 0 saturated carbocycles. The minimum absolute atomic E-state index is 0.263. The van der Waals surface area contributed by atoms with Gasteiger partial charge in [0, 0.05) is 10.7 Å². The van der Waals surface area contributed by atoms with Crippen LogP contribution in [0.3, 0.4) is 0 Å². The summed E-state index contributed by atoms with van der Waals surface area (Å²) in [5.41, 5.74) is 1.25. The van der Waals surface area contributed by atoms with Gasteiger partial charge in [-0.05, 0) is 56.0 Å². The molecule has 0 aliphatic heterocycles. The first-order valence-electron chi connectivity index (χ1n) is 7.03. The second kappa shape index (κ2) is 8.80. The number of hydrogen-bond donors (Lipinski definition) is 1. The van der Waals surface area contributed by atoms with Crippen molar-refractivity contribution in [1.82, 2.24) is 5.32 Å². The molecule has 0 aliphatic rings. The van der Waals surface area contributed by atoms with E-state index in [0.29, 0.717) is 12.3 Å². The summed E-state index contributed by atoms with van der Waals surface area (Å²) in [6.07, 6.45) is 4.02. The molecule has 1 aromatic carbocycles. The first-order valence-corrected chi connectivity index (χ1v) is 9.89. The molecular weight excluding hydrogens is 338 g/mol. The van der Waals surface area contributed by atoms with Crippen LogP contribution < -0.4 is 5.32 Å². The topological polar surface area (TPSA) is 46.2 Å². The van der Waals surface area contributed by atoms with Crippen LogP contribution in [0.15, 0.2) is 28.7 Å². The Hall–Kier alpha value is -0.390. The molecule has 20 heavy (non-hydrogen) atoms. The average Bonchev–Trinajstić information content (AvgIpc) is 2.35. The van der Waals surface area contributed by atoms with Crippen molar-refractivity contribution in [3.63, 3.8) is 0 Å². The zero-order valence-corrected chi connectivity index (χ0v) is 14.6. The van der Waals surface area contributed by atoms with Crippen molar-refractivity contribution in [1.29, 1.82) is 0 Å². The highest BCUT2D eigenvalue weighted by atomic mass is 79.9. The highest BCUT2D eigenvalue weighted by Crippen LogP contribution is 2.17. The highest BCUT2D eigenvalue weighted by molar-refractivity contribution is 9.10. The van der Waals surface area contributed by atoms with Gasteiger partial charge in [-0.25, -0.2) is 8.42 Å². The van der Waals surface area contributed by atoms with Gasteiger partial charge in [0.2, 0.25) is 0 Å². The van der Waals surface area contributed by atoms with Gasteiger partial charge < -0.3 is 5.32 Å². The fourth-order valence-corrected chi connectivity index (χ4v) is 3.35. The molecule has 0 spiro atoms. The number of halogens is 1. The third-order valence-electron chi connectivity index (χ3n) is 3.17. The molecule has 0 radical (unpaired) electrons. The smallest absolute Gasteiger partial charge is 0.147 e. The van der Waals surface area contributed by atoms with Gasteiger partial charge in [0.1, 0.15) is 9.84 Å². The minimum Gasteiger partial charge on any atom is -0.316 e. The van der Waals surface area contributed by atoms with Crippen LogP contribution in [0.25, 0.3) is 0 Å². The predicted molar refractivity (Wildman–Crippen MR) is 88.8 cm³/mol. The maximum Gasteiger partial charge on any atom is 0.147 e. The Morgan fingerprint density at radius 2 is 2.10 bits per heavy atom. The van der Waals surface area contributed by atoms with E-state index in [1.54, 1.807) is 0 Å². The molecule has 0 fully saturated rings. The summed E-state index contributed by atoms with van der Waals surface area (Å²) < 4.78 is 23.8. The van der Waals surface area contributed by atoms with E-state index < -0.39 is 9.84 Å². The summed E-state index contributed by atoms with van der Waals surface area (Å²) in [5.74, 6) is 0.616. The monoisotopic (exact) mass is 361 g/mol. The lowest BCUT2D eigenvalue weighted by Crippen LogP contribution is -2.26. The first kappa shape index (κ1) is 17.7. The number of rotatable bonds is 9. The van der Waals surface area contributed by atoms with E-state index in [1.807, 2.05) is 12.1 Å². The van der Waals surface area contributed by atoms with E-state index in [2.05, 4.69) is 40.3 Å². The van der Waals surface area contributed by atoms with E-state index in [1.165, 1.54) is 11.8 Å². The van der Waals surface area contributed by atoms with Gasteiger partial charge in [-0.2, -0.15) is 0 Å². The molecule has 1 atom stereocenters. The van der Waals surface area contributed by atoms with Crippen molar-refractivity contribution in [2.45, 2.75) is 26.2 Å². The maximum atomic E-state index is 11.3. The van der Waals surface area contributed by atoms with Crippen molar-refractivity contribution in [3.8, 4) is 0 Å². The van der Waals surface area contributed by atoms with Gasteiger partial charge in [0.15, 0.2) is 0 Å². The van der Waals surface area contributed by atoms with E-state index in [9.17, 15) is 8.42 Å². The second-order valence-corrected chi connectivity index (χ2v) is 8.50. The highest BCUT2D eigenvalue weighted by Gasteiger charge is 2.13. The molecular formula is C15H24BrNO2S. The number of hydrogen-bond acceptors (Lipinski definition) is 3. The Labute approximate surface area is 131 Å². The van der Waals surface area contributed by atoms with E-state index in [-0.39, 0.29) is 5.75 Å². The molecule has 0 aromatic heterocycles. The number of sulfone groups is 1. The Morgan fingerprint density at radius 1 is 1.35 bits per heavy atom. The third-order valence-corrected chi connectivity index (χ3v) is 4.64. The average molecular weight is 362 g/mol. The molecule has 0 saturated heterocycles. The molecule has 0 aliphatic carbocycles. The second-order valence-electron chi connectivity index (χ2n) is 5.32. The summed E-state index contributed by atoms with van der Waals surface area (Å²) >= 11 is 3.48. The largest absolute Gasteiger partial charge is 0.316 e. The van der Waals surface area contributed by atoms with E-state index >= 15 is 0 Å². The number of benzene rings is 1. The Bertz CT molecular complexity index is 502. The lowest BCUT2D eigenvalue weighted by molar-refractivity contribution is 0.459. The van der Waals surface area contributed by atoms with Crippen LogP contribution in [-0.4, -0.2) is 33.5 Å². The lowest BCUT2D eigenvalue weighted by atomic mass is 9.97. The summed E-state index contributed by atoms with van der Waals surface area (Å²) in [6, 6.07) is 8.22. The molecule has 1 unspecified atom stereocenters. The first-order chi connectivity index (χ1) is 9.40. The predicted octanol–water partition coefficient (Wildman–Crippen LogP) is 3.04. The molecule has 3 nitrogen and oxygen atoms in total. The van der Waals surface area contributed by atoms with Gasteiger partial charge in [0.25, 0.3) is 0 Å². The number of nitrogens with one attached hydrogen (secondary N) is 1. The third kappa shape index (κ3) is 8.02. The summed E-state index contributed by atoms with van der Waals surface area (Å²) in [4.78, 5) is 0. The summed E-state index contributed by atoms with van der Waals surface area (Å²) in [6.45, 7) is 3.98. The fraction of sp³-hybridized carbons (Fsp3) is 0.600. The van der Waals surface area contributed by atoms with Crippen LogP contribution in [0.1, 0.15) is 25.3 Å². The maximum absolute atomic E-state index is 11.3. The quantitative estimate of drug-likeness (QED) is 0.687. The standard InChI is InChI=1S/C15H24BrNO2S/c1-3-8-17-12-14(7-9-20(2,18)19)10-13-5-4-6-15(16)11-13/h4-6,11,14,17H,3,7-10,12H2,1-2H3. The van der Waals surface area contributed by atoms with Crippen LogP contribution in [-0.2, 0) is 16.3 Å². The molecule has 1 aromatic rings. The van der Waals surface area contributed by atoms with Crippen LogP contribution in [0.5, 0.6) is 0 Å². The Morgan fingerprint density at radius 3 is 2.70 bits per heavy atom. The molecule has 5 heteroatoms. The van der Waals surface area contributed by atoms with Gasteiger partial charge in [-0.1, -0.05) is 35.0 Å². The fourth-order valence-electron chi connectivity index (χ4n) is 2.14. The van der Waals surface area contributed by atoms with Gasteiger partial charge in [0.05, 0.1) is 5.75 Å².